The topological polar surface area (TPSA) is 88.9 Å². The third-order valence-corrected chi connectivity index (χ3v) is 6.84. The molecule has 1 N–H and O–H groups in total. The molecule has 1 aliphatic heterocycles. The van der Waals surface area contributed by atoms with Crippen LogP contribution in [0.4, 0.5) is 4.39 Å². The summed E-state index contributed by atoms with van der Waals surface area (Å²) in [5.74, 6) is 0.438. The predicted molar refractivity (Wildman–Crippen MR) is 135 cm³/mol. The molecule has 2 atom stereocenters. The molecule has 2 aromatic heterocycles. The number of fused-ring (bicyclic) bond motifs is 1. The van der Waals surface area contributed by atoms with Crippen LogP contribution >= 0.6 is 0 Å². The van der Waals surface area contributed by atoms with Crippen molar-refractivity contribution in [3.05, 3.63) is 87.2 Å². The van der Waals surface area contributed by atoms with E-state index in [1.54, 1.807) is 16.8 Å². The summed E-state index contributed by atoms with van der Waals surface area (Å²) in [5, 5.41) is 13.6. The van der Waals surface area contributed by atoms with E-state index in [-0.39, 0.29) is 23.5 Å². The molecule has 0 amide bonds. The Bertz CT molecular complexity index is 1380. The van der Waals surface area contributed by atoms with Gasteiger partial charge in [-0.05, 0) is 77.9 Å². The molecule has 0 aliphatic carbocycles. The number of rotatable bonds is 9. The maximum Gasteiger partial charge on any atom is 0.252 e. The van der Waals surface area contributed by atoms with Gasteiger partial charge in [0.05, 0.1) is 18.7 Å². The smallest absolute Gasteiger partial charge is 0.252 e. The number of aromatic nitrogens is 5. The number of aromatic amines is 1. The van der Waals surface area contributed by atoms with E-state index in [1.165, 1.54) is 12.1 Å². The Morgan fingerprint density at radius 2 is 2.06 bits per heavy atom. The third kappa shape index (κ3) is 5.37. The minimum absolute atomic E-state index is 0.0931. The fourth-order valence-corrected chi connectivity index (χ4v) is 4.99. The highest BCUT2D eigenvalue weighted by Crippen LogP contribution is 2.27. The van der Waals surface area contributed by atoms with Gasteiger partial charge in [0.1, 0.15) is 5.82 Å². The maximum atomic E-state index is 13.4. The zero-order valence-corrected chi connectivity index (χ0v) is 20.7. The van der Waals surface area contributed by atoms with Crippen molar-refractivity contribution in [2.45, 2.75) is 58.3 Å². The van der Waals surface area contributed by atoms with Crippen LogP contribution < -0.4 is 5.56 Å². The SMILES string of the molecule is CC[C@@H](c1nnnn1Cc1ccc(F)cc1)N(Cc1cc2cc(C)ccc2[nH]c1=O)C[C@H]1CCCO1. The van der Waals surface area contributed by atoms with Crippen molar-refractivity contribution in [3.63, 3.8) is 0 Å². The zero-order chi connectivity index (χ0) is 25.1. The van der Waals surface area contributed by atoms with Gasteiger partial charge < -0.3 is 9.72 Å². The highest BCUT2D eigenvalue weighted by atomic mass is 19.1. The highest BCUT2D eigenvalue weighted by molar-refractivity contribution is 5.79. The molecular weight excluding hydrogens is 459 g/mol. The first-order chi connectivity index (χ1) is 17.5. The molecule has 36 heavy (non-hydrogen) atoms. The molecule has 0 radical (unpaired) electrons. The van der Waals surface area contributed by atoms with Gasteiger partial charge in [0, 0.05) is 30.8 Å². The van der Waals surface area contributed by atoms with Crippen molar-refractivity contribution >= 4 is 10.9 Å². The zero-order valence-electron chi connectivity index (χ0n) is 20.7. The summed E-state index contributed by atoms with van der Waals surface area (Å²) in [6.07, 6.45) is 2.87. The fraction of sp³-hybridized carbons (Fsp3) is 0.407. The molecule has 188 valence electrons. The average molecular weight is 491 g/mol. The minimum atomic E-state index is -0.277. The van der Waals surface area contributed by atoms with E-state index < -0.39 is 0 Å². The minimum Gasteiger partial charge on any atom is -0.377 e. The Balaban J connectivity index is 1.47. The lowest BCUT2D eigenvalue weighted by atomic mass is 10.1. The largest absolute Gasteiger partial charge is 0.377 e. The predicted octanol–water partition coefficient (Wildman–Crippen LogP) is 4.14. The second-order valence-electron chi connectivity index (χ2n) is 9.52. The summed E-state index contributed by atoms with van der Waals surface area (Å²) < 4.78 is 21.1. The molecule has 0 unspecified atom stereocenters. The first-order valence-electron chi connectivity index (χ1n) is 12.5. The number of halogens is 1. The van der Waals surface area contributed by atoms with Crippen LogP contribution in [0.3, 0.4) is 0 Å². The molecule has 8 nitrogen and oxygen atoms in total. The van der Waals surface area contributed by atoms with E-state index in [4.69, 9.17) is 4.74 Å². The molecule has 2 aromatic carbocycles. The second-order valence-corrected chi connectivity index (χ2v) is 9.52. The van der Waals surface area contributed by atoms with Crippen molar-refractivity contribution in [2.75, 3.05) is 13.2 Å². The molecule has 1 aliphatic rings. The van der Waals surface area contributed by atoms with Crippen LogP contribution in [0.15, 0.2) is 53.3 Å². The fourth-order valence-electron chi connectivity index (χ4n) is 4.99. The lowest BCUT2D eigenvalue weighted by molar-refractivity contribution is 0.0489. The number of tetrazole rings is 1. The summed E-state index contributed by atoms with van der Waals surface area (Å²) in [6, 6.07) is 14.2. The Hall–Kier alpha value is -3.43. The standard InChI is InChI=1S/C27H31FN6O2/c1-3-25(26-30-31-32-34(26)15-19-7-9-22(28)10-8-19)33(17-23-5-4-12-36-23)16-21-14-20-13-18(2)6-11-24(20)29-27(21)35/h6-11,13-14,23,25H,3-5,12,15-17H2,1-2H3,(H,29,35)/t23-,25+/m1/s1. The Morgan fingerprint density at radius 3 is 2.81 bits per heavy atom. The molecule has 3 heterocycles. The molecule has 1 saturated heterocycles. The number of benzene rings is 2. The number of nitrogens with one attached hydrogen (secondary N) is 1. The number of pyridine rings is 1. The normalized spacial score (nSPS) is 16.7. The molecule has 5 rings (SSSR count). The van der Waals surface area contributed by atoms with Crippen LogP contribution in [0.5, 0.6) is 0 Å². The van der Waals surface area contributed by atoms with Gasteiger partial charge in [-0.2, -0.15) is 0 Å². The van der Waals surface area contributed by atoms with E-state index in [0.29, 0.717) is 31.0 Å². The van der Waals surface area contributed by atoms with Gasteiger partial charge in [-0.25, -0.2) is 9.07 Å². The highest BCUT2D eigenvalue weighted by Gasteiger charge is 2.29. The summed E-state index contributed by atoms with van der Waals surface area (Å²) in [6.45, 7) is 6.45. The summed E-state index contributed by atoms with van der Waals surface area (Å²) in [5.41, 5.74) is 3.48. The van der Waals surface area contributed by atoms with E-state index in [0.717, 1.165) is 47.9 Å². The van der Waals surface area contributed by atoms with Crippen molar-refractivity contribution in [2.24, 2.45) is 0 Å². The lowest BCUT2D eigenvalue weighted by Crippen LogP contribution is -2.37. The van der Waals surface area contributed by atoms with Gasteiger partial charge in [-0.1, -0.05) is 30.7 Å². The number of ether oxygens (including phenoxy) is 1. The quantitative estimate of drug-likeness (QED) is 0.379. The Labute approximate surface area is 209 Å². The average Bonchev–Trinajstić information content (AvgIpc) is 3.54. The number of H-pyrrole nitrogens is 1. The number of hydrogen-bond donors (Lipinski definition) is 1. The van der Waals surface area contributed by atoms with Gasteiger partial charge in [0.2, 0.25) is 0 Å². The molecular formula is C27H31FN6O2. The van der Waals surface area contributed by atoms with Crippen LogP contribution in [-0.4, -0.2) is 49.3 Å². The van der Waals surface area contributed by atoms with Crippen molar-refractivity contribution in [3.8, 4) is 0 Å². The lowest BCUT2D eigenvalue weighted by Gasteiger charge is -2.32. The first-order valence-corrected chi connectivity index (χ1v) is 12.5. The maximum absolute atomic E-state index is 13.4. The molecule has 0 bridgehead atoms. The van der Waals surface area contributed by atoms with Gasteiger partial charge in [-0.15, -0.1) is 5.10 Å². The van der Waals surface area contributed by atoms with Gasteiger partial charge in [0.15, 0.2) is 5.82 Å². The van der Waals surface area contributed by atoms with E-state index in [2.05, 4.69) is 38.4 Å². The van der Waals surface area contributed by atoms with Crippen LogP contribution in [0.1, 0.15) is 54.7 Å². The summed E-state index contributed by atoms with van der Waals surface area (Å²) >= 11 is 0. The molecule has 0 spiro atoms. The molecule has 4 aromatic rings. The second kappa shape index (κ2) is 10.7. The van der Waals surface area contributed by atoms with Crippen LogP contribution in [0.2, 0.25) is 0 Å². The van der Waals surface area contributed by atoms with Crippen molar-refractivity contribution < 1.29 is 9.13 Å². The monoisotopic (exact) mass is 490 g/mol. The Morgan fingerprint density at radius 1 is 1.22 bits per heavy atom. The molecule has 0 saturated carbocycles. The molecule has 9 heteroatoms. The summed E-state index contributed by atoms with van der Waals surface area (Å²) in [7, 11) is 0. The summed E-state index contributed by atoms with van der Waals surface area (Å²) in [4.78, 5) is 18.3. The van der Waals surface area contributed by atoms with Crippen molar-refractivity contribution in [1.82, 2.24) is 30.1 Å². The van der Waals surface area contributed by atoms with E-state index in [9.17, 15) is 9.18 Å². The van der Waals surface area contributed by atoms with Gasteiger partial charge in [-0.3, -0.25) is 9.69 Å². The Kier molecular flexibility index (Phi) is 7.20. The van der Waals surface area contributed by atoms with Crippen LogP contribution in [0.25, 0.3) is 10.9 Å². The van der Waals surface area contributed by atoms with Gasteiger partial charge >= 0.3 is 0 Å². The van der Waals surface area contributed by atoms with E-state index >= 15 is 0 Å². The van der Waals surface area contributed by atoms with Crippen molar-refractivity contribution in [1.29, 1.82) is 0 Å². The van der Waals surface area contributed by atoms with Crippen LogP contribution in [-0.2, 0) is 17.8 Å². The molecule has 1 fully saturated rings. The third-order valence-electron chi connectivity index (χ3n) is 6.84. The number of nitrogens with zero attached hydrogens (tertiary/aromatic N) is 5. The number of aryl methyl sites for hydroxylation is 1. The first kappa shape index (κ1) is 24.3. The van der Waals surface area contributed by atoms with E-state index in [1.807, 2.05) is 25.1 Å². The number of hydrogen-bond acceptors (Lipinski definition) is 6. The van der Waals surface area contributed by atoms with Crippen LogP contribution in [0, 0.1) is 12.7 Å². The van der Waals surface area contributed by atoms with Gasteiger partial charge in [0.25, 0.3) is 5.56 Å².